The number of aryl methyl sites for hydroxylation is 3. The van der Waals surface area contributed by atoms with Gasteiger partial charge in [-0.1, -0.05) is 29.5 Å². The number of thiophene rings is 1. The summed E-state index contributed by atoms with van der Waals surface area (Å²) in [6.07, 6.45) is 4.25. The van der Waals surface area contributed by atoms with Crippen LogP contribution in [0.1, 0.15) is 22.4 Å². The fraction of sp³-hybridized carbons (Fsp3) is 0.368. The van der Waals surface area contributed by atoms with E-state index in [2.05, 4.69) is 0 Å². The molecule has 3 aromatic rings. The summed E-state index contributed by atoms with van der Waals surface area (Å²) in [6.45, 7) is 2.00. The van der Waals surface area contributed by atoms with Crippen LogP contribution >= 0.6 is 23.1 Å². The summed E-state index contributed by atoms with van der Waals surface area (Å²) in [4.78, 5) is 20.2. The Labute approximate surface area is 166 Å². The summed E-state index contributed by atoms with van der Waals surface area (Å²) < 4.78 is 24.6. The van der Waals surface area contributed by atoms with Gasteiger partial charge in [0.2, 0.25) is 0 Å². The second kappa shape index (κ2) is 7.07. The molecule has 27 heavy (non-hydrogen) atoms. The summed E-state index contributed by atoms with van der Waals surface area (Å²) in [5.74, 6) is 0.425. The van der Waals surface area contributed by atoms with E-state index in [4.69, 9.17) is 4.98 Å². The molecule has 1 aromatic carbocycles. The van der Waals surface area contributed by atoms with Crippen LogP contribution in [0.3, 0.4) is 0 Å². The Morgan fingerprint density at radius 2 is 1.96 bits per heavy atom. The number of hydrogen-bond acceptors (Lipinski definition) is 6. The van der Waals surface area contributed by atoms with Crippen molar-refractivity contribution < 1.29 is 8.42 Å². The van der Waals surface area contributed by atoms with Crippen LogP contribution in [-0.2, 0) is 22.7 Å². The van der Waals surface area contributed by atoms with Crippen LogP contribution in [0.2, 0.25) is 0 Å². The fourth-order valence-corrected chi connectivity index (χ4v) is 6.84. The number of fused-ring (bicyclic) bond motifs is 3. The molecule has 1 aliphatic carbocycles. The van der Waals surface area contributed by atoms with Crippen molar-refractivity contribution >= 4 is 43.2 Å². The van der Waals surface area contributed by atoms with Gasteiger partial charge in [-0.3, -0.25) is 9.36 Å². The molecule has 2 heterocycles. The minimum absolute atomic E-state index is 0.0508. The largest absolute Gasteiger partial charge is 0.268 e. The maximum Gasteiger partial charge on any atom is 0.267 e. The van der Waals surface area contributed by atoms with Gasteiger partial charge >= 0.3 is 0 Å². The predicted molar refractivity (Wildman–Crippen MR) is 112 cm³/mol. The summed E-state index contributed by atoms with van der Waals surface area (Å²) in [5.41, 5.74) is 2.98. The number of nitrogens with zero attached hydrogens (tertiary/aromatic N) is 2. The van der Waals surface area contributed by atoms with Crippen molar-refractivity contribution in [3.05, 3.63) is 50.6 Å². The lowest BCUT2D eigenvalue weighted by atomic mass is 10.2. The smallest absolute Gasteiger partial charge is 0.267 e. The average Bonchev–Trinajstić information content (AvgIpc) is 3.15. The van der Waals surface area contributed by atoms with Crippen molar-refractivity contribution in [1.82, 2.24) is 9.55 Å². The van der Waals surface area contributed by atoms with Gasteiger partial charge < -0.3 is 0 Å². The monoisotopic (exact) mass is 420 g/mol. The van der Waals surface area contributed by atoms with Gasteiger partial charge in [-0.05, 0) is 43.9 Å². The Kier molecular flexibility index (Phi) is 4.90. The molecule has 0 atom stereocenters. The van der Waals surface area contributed by atoms with E-state index in [9.17, 15) is 13.2 Å². The molecule has 0 saturated heterocycles. The number of thioether (sulfide) groups is 1. The molecule has 8 heteroatoms. The Morgan fingerprint density at radius 1 is 1.22 bits per heavy atom. The molecule has 2 aromatic heterocycles. The first-order valence-corrected chi connectivity index (χ1v) is 12.6. The summed E-state index contributed by atoms with van der Waals surface area (Å²) in [5, 5.41) is 1.29. The molecule has 5 nitrogen and oxygen atoms in total. The number of aromatic nitrogens is 2. The topological polar surface area (TPSA) is 69.0 Å². The van der Waals surface area contributed by atoms with E-state index in [1.165, 1.54) is 22.9 Å². The molecule has 142 valence electrons. The van der Waals surface area contributed by atoms with E-state index in [-0.39, 0.29) is 11.3 Å². The number of sulfone groups is 1. The third kappa shape index (κ3) is 3.70. The highest BCUT2D eigenvalue weighted by Gasteiger charge is 2.24. The highest BCUT2D eigenvalue weighted by atomic mass is 32.2. The minimum Gasteiger partial charge on any atom is -0.268 e. The van der Waals surface area contributed by atoms with Crippen LogP contribution in [0.25, 0.3) is 15.9 Å². The van der Waals surface area contributed by atoms with Crippen LogP contribution in [0.5, 0.6) is 0 Å². The van der Waals surface area contributed by atoms with Gasteiger partial charge in [0.25, 0.3) is 5.56 Å². The SMILES string of the molecule is Cc1ccc(-n2c(SCCS(C)(=O)=O)nc3sc4c(c3c2=O)CCC4)cc1. The first-order valence-electron chi connectivity index (χ1n) is 8.78. The summed E-state index contributed by atoms with van der Waals surface area (Å²) in [6, 6.07) is 7.76. The Balaban J connectivity index is 1.88. The van der Waals surface area contributed by atoms with Crippen LogP contribution in [0.4, 0.5) is 0 Å². The van der Waals surface area contributed by atoms with Gasteiger partial charge in [0.15, 0.2) is 5.16 Å². The molecule has 0 unspecified atom stereocenters. The standard InChI is InChI=1S/C19H20N2O3S3/c1-12-6-8-13(9-7-12)21-18(22)16-14-4-3-5-15(14)26-17(16)20-19(21)25-10-11-27(2,23)24/h6-9H,3-5,10-11H2,1-2H3. The molecular formula is C19H20N2O3S3. The molecule has 4 rings (SSSR count). The maximum atomic E-state index is 13.4. The zero-order chi connectivity index (χ0) is 19.2. The zero-order valence-electron chi connectivity index (χ0n) is 15.2. The van der Waals surface area contributed by atoms with Gasteiger partial charge in [-0.2, -0.15) is 0 Å². The van der Waals surface area contributed by atoms with Crippen LogP contribution in [-0.4, -0.2) is 35.7 Å². The van der Waals surface area contributed by atoms with Crippen molar-refractivity contribution in [2.45, 2.75) is 31.3 Å². The Bertz CT molecular complexity index is 1180. The highest BCUT2D eigenvalue weighted by Crippen LogP contribution is 2.36. The molecule has 1 aliphatic rings. The minimum atomic E-state index is -3.06. The lowest BCUT2D eigenvalue weighted by molar-refractivity contribution is 0.603. The fourth-order valence-electron chi connectivity index (χ4n) is 3.33. The van der Waals surface area contributed by atoms with E-state index < -0.39 is 9.84 Å². The third-order valence-corrected chi connectivity index (χ3v) is 8.02. The highest BCUT2D eigenvalue weighted by molar-refractivity contribution is 8.00. The zero-order valence-corrected chi connectivity index (χ0v) is 17.6. The Morgan fingerprint density at radius 3 is 2.67 bits per heavy atom. The quantitative estimate of drug-likeness (QED) is 0.467. The lowest BCUT2D eigenvalue weighted by Gasteiger charge is -2.12. The predicted octanol–water partition coefficient (Wildman–Crippen LogP) is 3.38. The van der Waals surface area contributed by atoms with Crippen LogP contribution < -0.4 is 5.56 Å². The van der Waals surface area contributed by atoms with E-state index in [0.717, 1.165) is 46.3 Å². The average molecular weight is 421 g/mol. The molecular weight excluding hydrogens is 400 g/mol. The van der Waals surface area contributed by atoms with Gasteiger partial charge in [0, 0.05) is 16.9 Å². The van der Waals surface area contributed by atoms with Gasteiger partial charge in [-0.15, -0.1) is 11.3 Å². The van der Waals surface area contributed by atoms with Gasteiger partial charge in [0.05, 0.1) is 16.8 Å². The first kappa shape index (κ1) is 18.7. The molecule has 0 aliphatic heterocycles. The number of rotatable bonds is 5. The van der Waals surface area contributed by atoms with Crippen molar-refractivity contribution in [3.8, 4) is 5.69 Å². The van der Waals surface area contributed by atoms with E-state index in [1.807, 2.05) is 31.2 Å². The van der Waals surface area contributed by atoms with Crippen molar-refractivity contribution in [3.63, 3.8) is 0 Å². The second-order valence-electron chi connectivity index (χ2n) is 6.89. The van der Waals surface area contributed by atoms with E-state index in [0.29, 0.717) is 10.9 Å². The summed E-state index contributed by atoms with van der Waals surface area (Å²) in [7, 11) is -3.06. The van der Waals surface area contributed by atoms with Crippen LogP contribution in [0, 0.1) is 6.92 Å². The molecule has 0 spiro atoms. The maximum absolute atomic E-state index is 13.4. The van der Waals surface area contributed by atoms with E-state index >= 15 is 0 Å². The molecule has 0 radical (unpaired) electrons. The lowest BCUT2D eigenvalue weighted by Crippen LogP contribution is -2.22. The summed E-state index contributed by atoms with van der Waals surface area (Å²) >= 11 is 2.93. The molecule has 0 saturated carbocycles. The molecule has 0 fully saturated rings. The Hall–Kier alpha value is -1.64. The van der Waals surface area contributed by atoms with Crippen molar-refractivity contribution in [2.24, 2.45) is 0 Å². The van der Waals surface area contributed by atoms with Gasteiger partial charge in [0.1, 0.15) is 14.7 Å². The third-order valence-electron chi connectivity index (χ3n) is 4.69. The van der Waals surface area contributed by atoms with Gasteiger partial charge in [-0.25, -0.2) is 13.4 Å². The molecule has 0 bridgehead atoms. The van der Waals surface area contributed by atoms with Crippen molar-refractivity contribution in [2.75, 3.05) is 17.8 Å². The number of hydrogen-bond donors (Lipinski definition) is 0. The molecule has 0 amide bonds. The normalized spacial score (nSPS) is 14.0. The number of benzene rings is 1. The van der Waals surface area contributed by atoms with Crippen LogP contribution in [0.15, 0.2) is 34.2 Å². The molecule has 0 N–H and O–H groups in total. The second-order valence-corrected chi connectivity index (χ2v) is 11.3. The van der Waals surface area contributed by atoms with E-state index in [1.54, 1.807) is 15.9 Å². The van der Waals surface area contributed by atoms with Crippen molar-refractivity contribution in [1.29, 1.82) is 0 Å². The first-order chi connectivity index (χ1) is 12.8.